The van der Waals surface area contributed by atoms with Crippen molar-refractivity contribution in [2.75, 3.05) is 19.6 Å². The van der Waals surface area contributed by atoms with Gasteiger partial charge in [0.25, 0.3) is 0 Å². The number of likely N-dealkylation sites (tertiary alicyclic amines) is 1. The van der Waals surface area contributed by atoms with Crippen LogP contribution >= 0.6 is 11.6 Å². The number of pyridine rings is 1. The Morgan fingerprint density at radius 2 is 1.73 bits per heavy atom. The van der Waals surface area contributed by atoms with Crippen LogP contribution in [0.25, 0.3) is 11.1 Å². The number of aromatic nitrogens is 1. The van der Waals surface area contributed by atoms with Crippen molar-refractivity contribution in [1.29, 1.82) is 0 Å². The molecule has 0 bridgehead atoms. The summed E-state index contributed by atoms with van der Waals surface area (Å²) < 4.78 is 0. The molecule has 1 saturated carbocycles. The van der Waals surface area contributed by atoms with E-state index in [-0.39, 0.29) is 5.41 Å². The van der Waals surface area contributed by atoms with Gasteiger partial charge < -0.3 is 10.2 Å². The summed E-state index contributed by atoms with van der Waals surface area (Å²) in [6, 6.07) is 13.0. The Morgan fingerprint density at radius 1 is 1.00 bits per heavy atom. The van der Waals surface area contributed by atoms with E-state index in [1.165, 1.54) is 42.5 Å². The maximum atomic E-state index is 12.3. The van der Waals surface area contributed by atoms with Crippen LogP contribution in [0, 0.1) is 5.41 Å². The molecule has 1 amide bonds. The van der Waals surface area contributed by atoms with Gasteiger partial charge in [0.15, 0.2) is 0 Å². The zero-order chi connectivity index (χ0) is 20.6. The number of nitrogens with zero attached hydrogens (tertiary/aromatic N) is 2. The van der Waals surface area contributed by atoms with Gasteiger partial charge in [-0.05, 0) is 81.8 Å². The molecule has 3 aliphatic rings. The minimum Gasteiger partial charge on any atom is -0.356 e. The second kappa shape index (κ2) is 8.32. The fraction of sp³-hybridized carbons (Fsp3) is 0.520. The average Bonchev–Trinajstić information content (AvgIpc) is 3.14. The molecule has 2 aromatic rings. The molecule has 1 aromatic carbocycles. The first-order valence-corrected chi connectivity index (χ1v) is 11.8. The first-order valence-electron chi connectivity index (χ1n) is 11.4. The number of hydrogen-bond acceptors (Lipinski definition) is 3. The van der Waals surface area contributed by atoms with Gasteiger partial charge in [0, 0.05) is 35.3 Å². The minimum absolute atomic E-state index is 0.0604. The maximum Gasteiger partial charge on any atom is 0.226 e. The number of rotatable bonds is 3. The molecule has 0 unspecified atom stereocenters. The smallest absolute Gasteiger partial charge is 0.226 e. The number of halogens is 1. The molecule has 3 fully saturated rings. The number of hydrogen-bond donors (Lipinski definition) is 1. The minimum atomic E-state index is -0.0604. The third kappa shape index (κ3) is 3.76. The number of piperidine rings is 1. The van der Waals surface area contributed by atoms with Gasteiger partial charge in [-0.2, -0.15) is 0 Å². The zero-order valence-electron chi connectivity index (χ0n) is 17.4. The Balaban J connectivity index is 1.23. The van der Waals surface area contributed by atoms with Crippen molar-refractivity contribution in [3.8, 4) is 11.1 Å². The number of amides is 1. The normalized spacial score (nSPS) is 26.6. The number of carbonyl (C=O) groups excluding carboxylic acids is 1. The van der Waals surface area contributed by atoms with Crippen LogP contribution in [0.1, 0.15) is 56.6 Å². The lowest BCUT2D eigenvalue weighted by Crippen LogP contribution is -2.48. The molecule has 1 aromatic heterocycles. The first-order chi connectivity index (χ1) is 14.6. The molecule has 1 N–H and O–H groups in total. The summed E-state index contributed by atoms with van der Waals surface area (Å²) in [4.78, 5) is 19.7. The Bertz CT molecular complexity index is 897. The van der Waals surface area contributed by atoms with Crippen LogP contribution in [-0.4, -0.2) is 41.5 Å². The standard InChI is InChI=1S/C25H30ClN3O/c26-20-7-3-18(4-8-20)22-2-1-14-27-23(22)19-5-9-21(10-6-19)29-16-12-25(13-17-29)11-15-28-24(25)30/h1-4,7-8,14,19,21H,5-6,9-13,15-17H2,(H,28,30). The van der Waals surface area contributed by atoms with Crippen molar-refractivity contribution in [3.63, 3.8) is 0 Å². The third-order valence-corrected chi connectivity index (χ3v) is 7.97. The quantitative estimate of drug-likeness (QED) is 0.752. The Morgan fingerprint density at radius 3 is 2.40 bits per heavy atom. The highest BCUT2D eigenvalue weighted by Crippen LogP contribution is 2.42. The second-order valence-corrected chi connectivity index (χ2v) is 9.71. The molecule has 3 heterocycles. The molecule has 30 heavy (non-hydrogen) atoms. The molecule has 0 radical (unpaired) electrons. The molecule has 0 atom stereocenters. The Hall–Kier alpha value is -1.91. The van der Waals surface area contributed by atoms with E-state index in [0.29, 0.717) is 17.9 Å². The summed E-state index contributed by atoms with van der Waals surface area (Å²) in [5, 5.41) is 3.82. The van der Waals surface area contributed by atoms with Crippen molar-refractivity contribution in [1.82, 2.24) is 15.2 Å². The van der Waals surface area contributed by atoms with Gasteiger partial charge in [0.1, 0.15) is 0 Å². The lowest BCUT2D eigenvalue weighted by Gasteiger charge is -2.43. The van der Waals surface area contributed by atoms with Gasteiger partial charge in [-0.15, -0.1) is 0 Å². The molecule has 1 aliphatic carbocycles. The van der Waals surface area contributed by atoms with Gasteiger partial charge in [0.05, 0.1) is 11.1 Å². The zero-order valence-corrected chi connectivity index (χ0v) is 18.2. The van der Waals surface area contributed by atoms with Gasteiger partial charge in [-0.25, -0.2) is 0 Å². The first kappa shape index (κ1) is 20.0. The van der Waals surface area contributed by atoms with Crippen LogP contribution in [0.5, 0.6) is 0 Å². The Kier molecular flexibility index (Phi) is 5.55. The fourth-order valence-corrected chi connectivity index (χ4v) is 5.97. The summed E-state index contributed by atoms with van der Waals surface area (Å²) in [6.45, 7) is 3.01. The van der Waals surface area contributed by atoms with Gasteiger partial charge in [-0.3, -0.25) is 9.78 Å². The number of benzene rings is 1. The van der Waals surface area contributed by atoms with Crippen LogP contribution in [0.4, 0.5) is 0 Å². The fourth-order valence-electron chi connectivity index (χ4n) is 5.84. The van der Waals surface area contributed by atoms with E-state index < -0.39 is 0 Å². The van der Waals surface area contributed by atoms with Crippen molar-refractivity contribution < 1.29 is 4.79 Å². The summed E-state index contributed by atoms with van der Waals surface area (Å²) in [5.41, 5.74) is 3.61. The highest BCUT2D eigenvalue weighted by molar-refractivity contribution is 6.30. The van der Waals surface area contributed by atoms with Crippen LogP contribution in [0.2, 0.25) is 5.02 Å². The van der Waals surface area contributed by atoms with Gasteiger partial charge >= 0.3 is 0 Å². The summed E-state index contributed by atoms with van der Waals surface area (Å²) in [7, 11) is 0. The highest BCUT2D eigenvalue weighted by Gasteiger charge is 2.45. The predicted molar refractivity (Wildman–Crippen MR) is 121 cm³/mol. The third-order valence-electron chi connectivity index (χ3n) is 7.72. The molecule has 4 nitrogen and oxygen atoms in total. The van der Waals surface area contributed by atoms with Crippen molar-refractivity contribution in [2.45, 2.75) is 56.9 Å². The van der Waals surface area contributed by atoms with Crippen molar-refractivity contribution in [3.05, 3.63) is 53.3 Å². The van der Waals surface area contributed by atoms with E-state index in [9.17, 15) is 4.79 Å². The van der Waals surface area contributed by atoms with E-state index in [1.54, 1.807) is 0 Å². The summed E-state index contributed by atoms with van der Waals surface area (Å²) >= 11 is 6.08. The topological polar surface area (TPSA) is 45.2 Å². The van der Waals surface area contributed by atoms with Crippen LogP contribution in [0.15, 0.2) is 42.6 Å². The van der Waals surface area contributed by atoms with E-state index in [2.05, 4.69) is 28.4 Å². The van der Waals surface area contributed by atoms with Gasteiger partial charge in [-0.1, -0.05) is 29.8 Å². The summed E-state index contributed by atoms with van der Waals surface area (Å²) in [5.74, 6) is 0.820. The lowest BCUT2D eigenvalue weighted by molar-refractivity contribution is -0.130. The van der Waals surface area contributed by atoms with E-state index >= 15 is 0 Å². The van der Waals surface area contributed by atoms with E-state index in [4.69, 9.17) is 16.6 Å². The molecule has 158 valence electrons. The average molecular weight is 424 g/mol. The molecule has 1 spiro atoms. The second-order valence-electron chi connectivity index (χ2n) is 9.27. The van der Waals surface area contributed by atoms with Crippen molar-refractivity contribution in [2.24, 2.45) is 5.41 Å². The molecule has 5 rings (SSSR count). The molecule has 2 aliphatic heterocycles. The van der Waals surface area contributed by atoms with Crippen LogP contribution < -0.4 is 5.32 Å². The Labute approximate surface area is 184 Å². The van der Waals surface area contributed by atoms with Gasteiger partial charge in [0.2, 0.25) is 5.91 Å². The van der Waals surface area contributed by atoms with Crippen molar-refractivity contribution >= 4 is 17.5 Å². The monoisotopic (exact) mass is 423 g/mol. The molecule has 5 heteroatoms. The predicted octanol–water partition coefficient (Wildman–Crippen LogP) is 5.03. The van der Waals surface area contributed by atoms with Crippen LogP contribution in [-0.2, 0) is 4.79 Å². The summed E-state index contributed by atoms with van der Waals surface area (Å²) in [6.07, 6.45) is 9.83. The highest BCUT2D eigenvalue weighted by atomic mass is 35.5. The number of carbonyl (C=O) groups is 1. The number of nitrogens with one attached hydrogen (secondary N) is 1. The van der Waals surface area contributed by atoms with Crippen LogP contribution in [0.3, 0.4) is 0 Å². The molecular formula is C25H30ClN3O. The van der Waals surface area contributed by atoms with E-state index in [1.807, 2.05) is 24.4 Å². The lowest BCUT2D eigenvalue weighted by atomic mass is 9.75. The molecule has 2 saturated heterocycles. The molecular weight excluding hydrogens is 394 g/mol. The maximum absolute atomic E-state index is 12.3. The van der Waals surface area contributed by atoms with E-state index in [0.717, 1.165) is 43.9 Å². The largest absolute Gasteiger partial charge is 0.356 e. The SMILES string of the molecule is O=C1NCCC12CCN(C1CCC(c3ncccc3-c3ccc(Cl)cc3)CC1)CC2.